The van der Waals surface area contributed by atoms with Gasteiger partial charge in [0.05, 0.1) is 12.8 Å². The molecule has 20 heavy (non-hydrogen) atoms. The van der Waals surface area contributed by atoms with Gasteiger partial charge in [-0.2, -0.15) is 5.10 Å². The van der Waals surface area contributed by atoms with Gasteiger partial charge in [-0.1, -0.05) is 6.07 Å². The van der Waals surface area contributed by atoms with Crippen molar-refractivity contribution >= 4 is 0 Å². The van der Waals surface area contributed by atoms with Crippen molar-refractivity contribution in [2.45, 2.75) is 33.8 Å². The summed E-state index contributed by atoms with van der Waals surface area (Å²) in [6.45, 7) is 7.90. The predicted molar refractivity (Wildman–Crippen MR) is 79.2 cm³/mol. The second-order valence-corrected chi connectivity index (χ2v) is 5.31. The maximum Gasteiger partial charge on any atom is 0.125 e. The summed E-state index contributed by atoms with van der Waals surface area (Å²) in [5.41, 5.74) is 5.64. The van der Waals surface area contributed by atoms with Crippen LogP contribution in [0.5, 0.6) is 5.75 Å². The Labute approximate surface area is 120 Å². The zero-order valence-corrected chi connectivity index (χ0v) is 13.0. The fourth-order valence-electron chi connectivity index (χ4n) is 2.79. The average molecular weight is 274 g/mol. The monoisotopic (exact) mass is 274 g/mol. The highest BCUT2D eigenvalue weighted by Crippen LogP contribution is 2.36. The number of aromatic nitrogens is 2. The second-order valence-electron chi connectivity index (χ2n) is 5.31. The Morgan fingerprint density at radius 2 is 1.80 bits per heavy atom. The smallest absolute Gasteiger partial charge is 0.125 e. The molecular formula is C16H22N2O2. The lowest BCUT2D eigenvalue weighted by molar-refractivity contribution is 0.212. The first-order chi connectivity index (χ1) is 9.36. The highest BCUT2D eigenvalue weighted by molar-refractivity contribution is 5.49. The Morgan fingerprint density at radius 3 is 2.30 bits per heavy atom. The van der Waals surface area contributed by atoms with Crippen LogP contribution in [0.25, 0.3) is 0 Å². The van der Waals surface area contributed by atoms with E-state index in [1.165, 1.54) is 0 Å². The molecule has 0 aliphatic carbocycles. The van der Waals surface area contributed by atoms with Gasteiger partial charge in [0.1, 0.15) is 11.9 Å². The van der Waals surface area contributed by atoms with Gasteiger partial charge in [-0.05, 0) is 44.9 Å². The van der Waals surface area contributed by atoms with Gasteiger partial charge in [0.15, 0.2) is 0 Å². The molecule has 1 heterocycles. The van der Waals surface area contributed by atoms with Gasteiger partial charge < -0.3 is 9.84 Å². The van der Waals surface area contributed by atoms with Crippen LogP contribution in [0.2, 0.25) is 0 Å². The van der Waals surface area contributed by atoms with Crippen molar-refractivity contribution in [3.05, 3.63) is 45.8 Å². The molecule has 0 amide bonds. The van der Waals surface area contributed by atoms with Gasteiger partial charge >= 0.3 is 0 Å². The molecule has 0 saturated carbocycles. The molecule has 1 unspecified atom stereocenters. The maximum atomic E-state index is 10.8. The minimum atomic E-state index is -0.723. The fourth-order valence-corrected chi connectivity index (χ4v) is 2.79. The van der Waals surface area contributed by atoms with E-state index in [0.717, 1.165) is 39.4 Å². The molecule has 2 rings (SSSR count). The third-order valence-corrected chi connectivity index (χ3v) is 3.83. The van der Waals surface area contributed by atoms with Crippen molar-refractivity contribution in [3.63, 3.8) is 0 Å². The summed E-state index contributed by atoms with van der Waals surface area (Å²) in [5.74, 6) is 0.720. The molecule has 2 aromatic rings. The van der Waals surface area contributed by atoms with Gasteiger partial charge in [0, 0.05) is 23.9 Å². The van der Waals surface area contributed by atoms with Gasteiger partial charge in [-0.15, -0.1) is 0 Å². The molecule has 0 bridgehead atoms. The summed E-state index contributed by atoms with van der Waals surface area (Å²) in [6, 6.07) is 4.01. The molecular weight excluding hydrogens is 252 g/mol. The Morgan fingerprint density at radius 1 is 1.15 bits per heavy atom. The highest BCUT2D eigenvalue weighted by atomic mass is 16.5. The normalized spacial score (nSPS) is 12.6. The third-order valence-electron chi connectivity index (χ3n) is 3.83. The summed E-state index contributed by atoms with van der Waals surface area (Å²) >= 11 is 0. The van der Waals surface area contributed by atoms with E-state index in [1.807, 2.05) is 40.8 Å². The lowest BCUT2D eigenvalue weighted by atomic mass is 9.94. The molecule has 0 fully saturated rings. The largest absolute Gasteiger partial charge is 0.496 e. The molecule has 4 nitrogen and oxygen atoms in total. The van der Waals surface area contributed by atoms with Crippen molar-refractivity contribution in [2.75, 3.05) is 7.11 Å². The number of aliphatic hydroxyl groups is 1. The molecule has 4 heteroatoms. The maximum absolute atomic E-state index is 10.8. The van der Waals surface area contributed by atoms with E-state index >= 15 is 0 Å². The number of hydrogen-bond acceptors (Lipinski definition) is 3. The molecule has 0 saturated heterocycles. The number of nitrogens with zero attached hydrogens (tertiary/aromatic N) is 2. The summed E-state index contributed by atoms with van der Waals surface area (Å²) in [7, 11) is 3.52. The van der Waals surface area contributed by atoms with Crippen LogP contribution >= 0.6 is 0 Å². The van der Waals surface area contributed by atoms with Crippen molar-refractivity contribution in [1.29, 1.82) is 0 Å². The molecule has 1 aromatic heterocycles. The Hall–Kier alpha value is -1.81. The summed E-state index contributed by atoms with van der Waals surface area (Å²) in [6.07, 6.45) is -0.723. The summed E-state index contributed by atoms with van der Waals surface area (Å²) in [4.78, 5) is 0. The first-order valence-electron chi connectivity index (χ1n) is 6.70. The Bertz CT molecular complexity index is 644. The van der Waals surface area contributed by atoms with Gasteiger partial charge in [0.25, 0.3) is 0 Å². The summed E-state index contributed by atoms with van der Waals surface area (Å²) < 4.78 is 7.24. The zero-order chi connectivity index (χ0) is 15.0. The lowest BCUT2D eigenvalue weighted by Gasteiger charge is -2.19. The van der Waals surface area contributed by atoms with E-state index in [4.69, 9.17) is 4.74 Å². The number of hydrogen-bond donors (Lipinski definition) is 1. The van der Waals surface area contributed by atoms with Crippen molar-refractivity contribution in [2.24, 2.45) is 7.05 Å². The Kier molecular flexibility index (Phi) is 3.86. The van der Waals surface area contributed by atoms with Crippen LogP contribution in [-0.2, 0) is 7.05 Å². The minimum absolute atomic E-state index is 0.720. The second kappa shape index (κ2) is 5.29. The SMILES string of the molecule is COc1cc(C)cc(C)c1C(O)c1c(C)nn(C)c1C. The average Bonchev–Trinajstić information content (AvgIpc) is 2.61. The molecule has 0 spiro atoms. The van der Waals surface area contributed by atoms with Crippen LogP contribution in [-0.4, -0.2) is 22.0 Å². The van der Waals surface area contributed by atoms with Crippen LogP contribution in [0.1, 0.15) is 39.7 Å². The molecule has 0 radical (unpaired) electrons. The topological polar surface area (TPSA) is 47.3 Å². The van der Waals surface area contributed by atoms with E-state index in [1.54, 1.807) is 11.8 Å². The molecule has 1 aromatic carbocycles. The number of benzene rings is 1. The van der Waals surface area contributed by atoms with Crippen LogP contribution in [0, 0.1) is 27.7 Å². The van der Waals surface area contributed by atoms with Crippen molar-refractivity contribution in [1.82, 2.24) is 9.78 Å². The Balaban J connectivity index is 2.62. The molecule has 108 valence electrons. The van der Waals surface area contributed by atoms with Crippen LogP contribution in [0.15, 0.2) is 12.1 Å². The van der Waals surface area contributed by atoms with E-state index < -0.39 is 6.10 Å². The number of aliphatic hydroxyl groups excluding tert-OH is 1. The van der Waals surface area contributed by atoms with Crippen molar-refractivity contribution < 1.29 is 9.84 Å². The molecule has 1 atom stereocenters. The molecule has 0 aliphatic rings. The van der Waals surface area contributed by atoms with Crippen LogP contribution in [0.3, 0.4) is 0 Å². The van der Waals surface area contributed by atoms with Gasteiger partial charge in [-0.25, -0.2) is 0 Å². The quantitative estimate of drug-likeness (QED) is 0.936. The highest BCUT2D eigenvalue weighted by Gasteiger charge is 2.24. The fraction of sp³-hybridized carbons (Fsp3) is 0.438. The van der Waals surface area contributed by atoms with E-state index in [9.17, 15) is 5.11 Å². The van der Waals surface area contributed by atoms with E-state index in [-0.39, 0.29) is 0 Å². The van der Waals surface area contributed by atoms with Gasteiger partial charge in [-0.3, -0.25) is 4.68 Å². The van der Waals surface area contributed by atoms with E-state index in [0.29, 0.717) is 0 Å². The van der Waals surface area contributed by atoms with Crippen LogP contribution < -0.4 is 4.74 Å². The number of methoxy groups -OCH3 is 1. The third kappa shape index (κ3) is 2.31. The predicted octanol–water partition coefficient (Wildman–Crippen LogP) is 2.74. The molecule has 0 aliphatic heterocycles. The summed E-state index contributed by atoms with van der Waals surface area (Å²) in [5, 5.41) is 15.2. The first kappa shape index (κ1) is 14.6. The lowest BCUT2D eigenvalue weighted by Crippen LogP contribution is -2.07. The van der Waals surface area contributed by atoms with E-state index in [2.05, 4.69) is 11.2 Å². The zero-order valence-electron chi connectivity index (χ0n) is 13.0. The number of ether oxygens (including phenoxy) is 1. The molecule has 1 N–H and O–H groups in total. The first-order valence-corrected chi connectivity index (χ1v) is 6.70. The van der Waals surface area contributed by atoms with Gasteiger partial charge in [0.2, 0.25) is 0 Å². The standard InChI is InChI=1S/C16H22N2O2/c1-9-7-10(2)14(13(8-9)20-6)16(19)15-11(3)17-18(5)12(15)4/h7-8,16,19H,1-6H3. The number of rotatable bonds is 3. The van der Waals surface area contributed by atoms with Crippen LogP contribution in [0.4, 0.5) is 0 Å². The minimum Gasteiger partial charge on any atom is -0.496 e. The van der Waals surface area contributed by atoms with Crippen molar-refractivity contribution in [3.8, 4) is 5.75 Å². The number of aryl methyl sites for hydroxylation is 4.